The largest absolute Gasteiger partial charge is 0.373 e. The molecule has 1 aromatic carbocycles. The maximum Gasteiger partial charge on any atom is 0.0402 e. The van der Waals surface area contributed by atoms with E-state index in [1.165, 1.54) is 37.1 Å². The fourth-order valence-corrected chi connectivity index (χ4v) is 2.95. The first-order valence-electron chi connectivity index (χ1n) is 7.52. The molecule has 1 heterocycles. The van der Waals surface area contributed by atoms with Crippen LogP contribution >= 0.6 is 0 Å². The summed E-state index contributed by atoms with van der Waals surface area (Å²) in [4.78, 5) is 2.42. The van der Waals surface area contributed by atoms with Crippen molar-refractivity contribution >= 4 is 5.69 Å². The molecule has 1 atom stereocenters. The second-order valence-corrected chi connectivity index (χ2v) is 6.79. The molecule has 0 saturated carbocycles. The Labute approximate surface area is 118 Å². The first kappa shape index (κ1) is 14.4. The van der Waals surface area contributed by atoms with E-state index in [1.807, 2.05) is 0 Å². The van der Waals surface area contributed by atoms with E-state index in [4.69, 9.17) is 0 Å². The Balaban J connectivity index is 2.12. The van der Waals surface area contributed by atoms with Gasteiger partial charge >= 0.3 is 0 Å². The zero-order valence-corrected chi connectivity index (χ0v) is 12.9. The van der Waals surface area contributed by atoms with Gasteiger partial charge in [-0.1, -0.05) is 45.4 Å². The SMILES string of the molecule is CN(CC1CCCCN1)c1ccccc1C(C)(C)C. The standard InChI is InChI=1S/C17H28N2/c1-17(2,3)15-10-5-6-11-16(15)19(4)13-14-9-7-8-12-18-14/h5-6,10-11,14,18H,7-9,12-13H2,1-4H3. The van der Waals surface area contributed by atoms with Crippen LogP contribution in [0.4, 0.5) is 5.69 Å². The molecule has 1 fully saturated rings. The predicted octanol–water partition coefficient (Wildman–Crippen LogP) is 3.56. The minimum absolute atomic E-state index is 0.199. The molecule has 0 amide bonds. The van der Waals surface area contributed by atoms with Crippen LogP contribution < -0.4 is 10.2 Å². The molecule has 1 aliphatic rings. The molecule has 1 aromatic rings. The highest BCUT2D eigenvalue weighted by atomic mass is 15.1. The van der Waals surface area contributed by atoms with Crippen molar-refractivity contribution in [3.63, 3.8) is 0 Å². The summed E-state index contributed by atoms with van der Waals surface area (Å²) >= 11 is 0. The fourth-order valence-electron chi connectivity index (χ4n) is 2.95. The van der Waals surface area contributed by atoms with E-state index in [-0.39, 0.29) is 5.41 Å². The van der Waals surface area contributed by atoms with Gasteiger partial charge in [0.2, 0.25) is 0 Å². The van der Waals surface area contributed by atoms with Crippen LogP contribution in [-0.4, -0.2) is 26.2 Å². The van der Waals surface area contributed by atoms with Crippen molar-refractivity contribution in [1.29, 1.82) is 0 Å². The second-order valence-electron chi connectivity index (χ2n) is 6.79. The Hall–Kier alpha value is -1.02. The van der Waals surface area contributed by atoms with Crippen LogP contribution in [0.15, 0.2) is 24.3 Å². The van der Waals surface area contributed by atoms with Crippen LogP contribution in [0, 0.1) is 0 Å². The average molecular weight is 260 g/mol. The molecule has 2 nitrogen and oxygen atoms in total. The number of piperidine rings is 1. The number of likely N-dealkylation sites (N-methyl/N-ethyl adjacent to an activating group) is 1. The van der Waals surface area contributed by atoms with Crippen molar-refractivity contribution in [2.45, 2.75) is 51.5 Å². The van der Waals surface area contributed by atoms with Crippen molar-refractivity contribution < 1.29 is 0 Å². The maximum absolute atomic E-state index is 3.64. The van der Waals surface area contributed by atoms with E-state index in [9.17, 15) is 0 Å². The van der Waals surface area contributed by atoms with Gasteiger partial charge in [0.15, 0.2) is 0 Å². The molecule has 0 bridgehead atoms. The molecule has 2 rings (SSSR count). The lowest BCUT2D eigenvalue weighted by Crippen LogP contribution is -2.42. The molecule has 0 spiro atoms. The quantitative estimate of drug-likeness (QED) is 0.894. The molecule has 0 aliphatic carbocycles. The molecular formula is C17H28N2. The van der Waals surface area contributed by atoms with Gasteiger partial charge in [0.25, 0.3) is 0 Å². The van der Waals surface area contributed by atoms with Crippen molar-refractivity contribution in [2.24, 2.45) is 0 Å². The van der Waals surface area contributed by atoms with E-state index >= 15 is 0 Å². The summed E-state index contributed by atoms with van der Waals surface area (Å²) in [7, 11) is 2.22. The molecule has 1 aliphatic heterocycles. The topological polar surface area (TPSA) is 15.3 Å². The van der Waals surface area contributed by atoms with E-state index < -0.39 is 0 Å². The highest BCUT2D eigenvalue weighted by molar-refractivity contribution is 5.56. The van der Waals surface area contributed by atoms with Gasteiger partial charge in [0, 0.05) is 25.3 Å². The van der Waals surface area contributed by atoms with E-state index in [0.29, 0.717) is 6.04 Å². The molecule has 1 unspecified atom stereocenters. The first-order valence-corrected chi connectivity index (χ1v) is 7.52. The molecule has 2 heteroatoms. The lowest BCUT2D eigenvalue weighted by molar-refractivity contribution is 0.403. The van der Waals surface area contributed by atoms with Crippen molar-refractivity contribution in [3.05, 3.63) is 29.8 Å². The summed E-state index contributed by atoms with van der Waals surface area (Å²) in [5, 5.41) is 3.64. The Morgan fingerprint density at radius 2 is 1.95 bits per heavy atom. The molecule has 1 saturated heterocycles. The number of anilines is 1. The van der Waals surface area contributed by atoms with E-state index in [2.05, 4.69) is 62.3 Å². The summed E-state index contributed by atoms with van der Waals surface area (Å²) in [6.45, 7) is 9.15. The van der Waals surface area contributed by atoms with Gasteiger partial charge in [0.1, 0.15) is 0 Å². The van der Waals surface area contributed by atoms with Crippen LogP contribution in [0.25, 0.3) is 0 Å². The Kier molecular flexibility index (Phi) is 4.51. The third-order valence-corrected chi connectivity index (χ3v) is 4.03. The van der Waals surface area contributed by atoms with Crippen LogP contribution in [0.3, 0.4) is 0 Å². The molecule has 19 heavy (non-hydrogen) atoms. The van der Waals surface area contributed by atoms with Crippen LogP contribution in [0.2, 0.25) is 0 Å². The molecule has 0 aromatic heterocycles. The third kappa shape index (κ3) is 3.73. The molecule has 106 valence electrons. The number of rotatable bonds is 3. The van der Waals surface area contributed by atoms with Crippen LogP contribution in [0.5, 0.6) is 0 Å². The van der Waals surface area contributed by atoms with Gasteiger partial charge in [-0.3, -0.25) is 0 Å². The number of hydrogen-bond donors (Lipinski definition) is 1. The Morgan fingerprint density at radius 1 is 1.21 bits per heavy atom. The number of nitrogens with zero attached hydrogens (tertiary/aromatic N) is 1. The monoisotopic (exact) mass is 260 g/mol. The smallest absolute Gasteiger partial charge is 0.0402 e. The molecule has 0 radical (unpaired) electrons. The maximum atomic E-state index is 3.64. The summed E-state index contributed by atoms with van der Waals surface area (Å²) in [5.41, 5.74) is 3.01. The van der Waals surface area contributed by atoms with Gasteiger partial charge in [0.05, 0.1) is 0 Å². The first-order chi connectivity index (χ1) is 8.98. The minimum Gasteiger partial charge on any atom is -0.373 e. The normalized spacial score (nSPS) is 20.3. The van der Waals surface area contributed by atoms with E-state index in [0.717, 1.165) is 6.54 Å². The van der Waals surface area contributed by atoms with Crippen molar-refractivity contribution in [1.82, 2.24) is 5.32 Å². The molecular weight excluding hydrogens is 232 g/mol. The predicted molar refractivity (Wildman–Crippen MR) is 84.1 cm³/mol. The van der Waals surface area contributed by atoms with Gasteiger partial charge in [-0.15, -0.1) is 0 Å². The fraction of sp³-hybridized carbons (Fsp3) is 0.647. The van der Waals surface area contributed by atoms with Gasteiger partial charge in [-0.05, 0) is 36.4 Å². The number of nitrogens with one attached hydrogen (secondary N) is 1. The Morgan fingerprint density at radius 3 is 2.58 bits per heavy atom. The number of para-hydroxylation sites is 1. The second kappa shape index (κ2) is 5.96. The summed E-state index contributed by atoms with van der Waals surface area (Å²) in [6, 6.07) is 9.46. The summed E-state index contributed by atoms with van der Waals surface area (Å²) in [5.74, 6) is 0. The minimum atomic E-state index is 0.199. The zero-order valence-electron chi connectivity index (χ0n) is 12.9. The van der Waals surface area contributed by atoms with Crippen molar-refractivity contribution in [2.75, 3.05) is 25.0 Å². The third-order valence-electron chi connectivity index (χ3n) is 4.03. The summed E-state index contributed by atoms with van der Waals surface area (Å²) in [6.07, 6.45) is 4.01. The zero-order chi connectivity index (χ0) is 13.9. The van der Waals surface area contributed by atoms with Gasteiger partial charge in [-0.2, -0.15) is 0 Å². The van der Waals surface area contributed by atoms with Gasteiger partial charge in [-0.25, -0.2) is 0 Å². The Bertz CT molecular complexity index is 400. The lowest BCUT2D eigenvalue weighted by atomic mass is 9.85. The van der Waals surface area contributed by atoms with Crippen LogP contribution in [0.1, 0.15) is 45.6 Å². The highest BCUT2D eigenvalue weighted by Gasteiger charge is 2.21. The average Bonchev–Trinajstić information content (AvgIpc) is 2.39. The number of hydrogen-bond acceptors (Lipinski definition) is 2. The lowest BCUT2D eigenvalue weighted by Gasteiger charge is -2.33. The molecule has 1 N–H and O–H groups in total. The van der Waals surface area contributed by atoms with E-state index in [1.54, 1.807) is 0 Å². The van der Waals surface area contributed by atoms with Crippen molar-refractivity contribution in [3.8, 4) is 0 Å². The van der Waals surface area contributed by atoms with Crippen LogP contribution in [-0.2, 0) is 5.41 Å². The highest BCUT2D eigenvalue weighted by Crippen LogP contribution is 2.31. The van der Waals surface area contributed by atoms with Gasteiger partial charge < -0.3 is 10.2 Å². The number of benzene rings is 1. The summed E-state index contributed by atoms with van der Waals surface area (Å²) < 4.78 is 0.